The summed E-state index contributed by atoms with van der Waals surface area (Å²) in [6.07, 6.45) is -0.0473. The number of hydrogen-bond acceptors (Lipinski definition) is 4. The Bertz CT molecular complexity index is 548. The molecule has 0 saturated heterocycles. The molecule has 0 saturated carbocycles. The molecule has 17 heavy (non-hydrogen) atoms. The number of nitrogen functional groups attached to an aromatic ring is 1. The van der Waals surface area contributed by atoms with Crippen LogP contribution in [0.3, 0.4) is 0 Å². The predicted octanol–water partition coefficient (Wildman–Crippen LogP) is 1.87. The molecular weight excluding hydrogens is 218 g/mol. The van der Waals surface area contributed by atoms with Gasteiger partial charge in [0.1, 0.15) is 5.75 Å². The fraction of sp³-hybridized carbons (Fsp3) is 0.417. The highest BCUT2D eigenvalue weighted by atomic mass is 16.5. The molecule has 5 nitrogen and oxygen atoms in total. The van der Waals surface area contributed by atoms with E-state index in [1.807, 2.05) is 26.1 Å². The molecule has 0 aliphatic carbocycles. The van der Waals surface area contributed by atoms with Crippen LogP contribution in [0.1, 0.15) is 18.6 Å². The third-order valence-electron chi connectivity index (χ3n) is 3.02. The fourth-order valence-electron chi connectivity index (χ4n) is 2.04. The van der Waals surface area contributed by atoms with Gasteiger partial charge < -0.3 is 15.2 Å². The van der Waals surface area contributed by atoms with Crippen molar-refractivity contribution in [1.82, 2.24) is 9.78 Å². The van der Waals surface area contributed by atoms with E-state index >= 15 is 0 Å². The summed E-state index contributed by atoms with van der Waals surface area (Å²) in [4.78, 5) is 0. The summed E-state index contributed by atoms with van der Waals surface area (Å²) < 4.78 is 12.5. The third kappa shape index (κ3) is 1.72. The molecule has 2 aromatic rings. The summed E-state index contributed by atoms with van der Waals surface area (Å²) in [7, 11) is 5.16. The quantitative estimate of drug-likeness (QED) is 0.882. The van der Waals surface area contributed by atoms with Gasteiger partial charge in [-0.1, -0.05) is 6.07 Å². The van der Waals surface area contributed by atoms with Gasteiger partial charge in [-0.15, -0.1) is 0 Å². The summed E-state index contributed by atoms with van der Waals surface area (Å²) >= 11 is 0. The second-order valence-electron chi connectivity index (χ2n) is 3.97. The summed E-state index contributed by atoms with van der Waals surface area (Å²) in [6.45, 7) is 1.97. The SMILES string of the molecule is COc1c(C(C)OC)ccc2c1c(N)nn2C. The van der Waals surface area contributed by atoms with Crippen LogP contribution in [0.4, 0.5) is 5.82 Å². The maximum Gasteiger partial charge on any atom is 0.157 e. The zero-order chi connectivity index (χ0) is 12.6. The lowest BCUT2D eigenvalue weighted by Gasteiger charge is -2.15. The van der Waals surface area contributed by atoms with Crippen molar-refractivity contribution in [2.75, 3.05) is 20.0 Å². The van der Waals surface area contributed by atoms with E-state index in [2.05, 4.69) is 5.10 Å². The maximum atomic E-state index is 5.91. The second-order valence-corrected chi connectivity index (χ2v) is 3.97. The van der Waals surface area contributed by atoms with E-state index in [-0.39, 0.29) is 6.10 Å². The number of aromatic nitrogens is 2. The minimum absolute atomic E-state index is 0.0473. The number of anilines is 1. The Hall–Kier alpha value is -1.75. The van der Waals surface area contributed by atoms with Crippen LogP contribution in [0.15, 0.2) is 12.1 Å². The Kier molecular flexibility index (Phi) is 2.93. The topological polar surface area (TPSA) is 62.3 Å². The third-order valence-corrected chi connectivity index (χ3v) is 3.02. The number of nitrogens with two attached hydrogens (primary N) is 1. The molecule has 0 aliphatic heterocycles. The lowest BCUT2D eigenvalue weighted by atomic mass is 10.1. The molecule has 2 rings (SSSR count). The average Bonchev–Trinajstić information content (AvgIpc) is 2.63. The Morgan fingerprint density at radius 1 is 1.35 bits per heavy atom. The van der Waals surface area contributed by atoms with E-state index in [4.69, 9.17) is 15.2 Å². The van der Waals surface area contributed by atoms with Crippen LogP contribution < -0.4 is 10.5 Å². The number of hydrogen-bond donors (Lipinski definition) is 1. The van der Waals surface area contributed by atoms with Gasteiger partial charge in [-0.2, -0.15) is 5.10 Å². The normalized spacial score (nSPS) is 12.9. The minimum atomic E-state index is -0.0473. The summed E-state index contributed by atoms with van der Waals surface area (Å²) in [5, 5.41) is 5.04. The van der Waals surface area contributed by atoms with Crippen molar-refractivity contribution in [2.45, 2.75) is 13.0 Å². The zero-order valence-corrected chi connectivity index (χ0v) is 10.5. The molecule has 0 spiro atoms. The van der Waals surface area contributed by atoms with Crippen LogP contribution in [-0.4, -0.2) is 24.0 Å². The van der Waals surface area contributed by atoms with E-state index in [9.17, 15) is 0 Å². The van der Waals surface area contributed by atoms with E-state index in [0.717, 1.165) is 22.2 Å². The highest BCUT2D eigenvalue weighted by Crippen LogP contribution is 2.37. The van der Waals surface area contributed by atoms with Gasteiger partial charge in [-0.05, 0) is 13.0 Å². The van der Waals surface area contributed by atoms with Gasteiger partial charge in [0.25, 0.3) is 0 Å². The van der Waals surface area contributed by atoms with E-state index in [1.54, 1.807) is 18.9 Å². The second kappa shape index (κ2) is 4.25. The Labute approximate surface area is 100 Å². The highest BCUT2D eigenvalue weighted by Gasteiger charge is 2.18. The number of methoxy groups -OCH3 is 2. The number of nitrogens with zero attached hydrogens (tertiary/aromatic N) is 2. The largest absolute Gasteiger partial charge is 0.496 e. The number of aryl methyl sites for hydroxylation is 1. The van der Waals surface area contributed by atoms with E-state index in [0.29, 0.717) is 5.82 Å². The summed E-state index contributed by atoms with van der Waals surface area (Å²) in [6, 6.07) is 3.96. The molecule has 1 unspecified atom stereocenters. The molecule has 0 fully saturated rings. The van der Waals surface area contributed by atoms with Crippen LogP contribution >= 0.6 is 0 Å². The monoisotopic (exact) mass is 235 g/mol. The first kappa shape index (κ1) is 11.7. The summed E-state index contributed by atoms with van der Waals surface area (Å²) in [5.74, 6) is 1.21. The highest BCUT2D eigenvalue weighted by molar-refractivity contribution is 5.95. The molecule has 92 valence electrons. The van der Waals surface area contributed by atoms with Crippen molar-refractivity contribution < 1.29 is 9.47 Å². The number of benzene rings is 1. The van der Waals surface area contributed by atoms with Crippen molar-refractivity contribution in [3.05, 3.63) is 17.7 Å². The van der Waals surface area contributed by atoms with Crippen molar-refractivity contribution >= 4 is 16.7 Å². The number of ether oxygens (including phenoxy) is 2. The zero-order valence-electron chi connectivity index (χ0n) is 10.5. The molecule has 1 atom stereocenters. The molecule has 0 amide bonds. The number of fused-ring (bicyclic) bond motifs is 1. The van der Waals surface area contributed by atoms with Crippen LogP contribution in [0, 0.1) is 0 Å². The molecule has 5 heteroatoms. The van der Waals surface area contributed by atoms with Gasteiger partial charge in [0.05, 0.1) is 24.1 Å². The van der Waals surface area contributed by atoms with Crippen molar-refractivity contribution in [2.24, 2.45) is 7.05 Å². The van der Waals surface area contributed by atoms with Crippen LogP contribution in [-0.2, 0) is 11.8 Å². The van der Waals surface area contributed by atoms with E-state index < -0.39 is 0 Å². The average molecular weight is 235 g/mol. The van der Waals surface area contributed by atoms with Gasteiger partial charge >= 0.3 is 0 Å². The molecule has 1 aromatic carbocycles. The first-order valence-corrected chi connectivity index (χ1v) is 5.42. The fourth-order valence-corrected chi connectivity index (χ4v) is 2.04. The first-order chi connectivity index (χ1) is 8.10. The van der Waals surface area contributed by atoms with Crippen molar-refractivity contribution in [1.29, 1.82) is 0 Å². The van der Waals surface area contributed by atoms with Crippen LogP contribution in [0.2, 0.25) is 0 Å². The van der Waals surface area contributed by atoms with Crippen molar-refractivity contribution in [3.8, 4) is 5.75 Å². The Morgan fingerprint density at radius 2 is 2.06 bits per heavy atom. The summed E-state index contributed by atoms with van der Waals surface area (Å²) in [5.41, 5.74) is 7.84. The molecule has 2 N–H and O–H groups in total. The van der Waals surface area contributed by atoms with Gasteiger partial charge in [0, 0.05) is 19.7 Å². The van der Waals surface area contributed by atoms with Crippen LogP contribution in [0.5, 0.6) is 5.75 Å². The first-order valence-electron chi connectivity index (χ1n) is 5.42. The Morgan fingerprint density at radius 3 is 2.65 bits per heavy atom. The van der Waals surface area contributed by atoms with Gasteiger partial charge in [-0.25, -0.2) is 0 Å². The predicted molar refractivity (Wildman–Crippen MR) is 67.1 cm³/mol. The van der Waals surface area contributed by atoms with Gasteiger partial charge in [-0.3, -0.25) is 4.68 Å². The molecular formula is C12H17N3O2. The minimum Gasteiger partial charge on any atom is -0.496 e. The lowest BCUT2D eigenvalue weighted by Crippen LogP contribution is -2.00. The van der Waals surface area contributed by atoms with E-state index in [1.165, 1.54) is 0 Å². The molecule has 0 radical (unpaired) electrons. The molecule has 0 aliphatic rings. The standard InChI is InChI=1S/C12H17N3O2/c1-7(16-3)8-5-6-9-10(11(8)17-4)12(13)14-15(9)2/h5-7H,1-4H3,(H2,13,14). The molecule has 1 heterocycles. The number of rotatable bonds is 3. The Balaban J connectivity index is 2.77. The van der Waals surface area contributed by atoms with Crippen molar-refractivity contribution in [3.63, 3.8) is 0 Å². The van der Waals surface area contributed by atoms with Gasteiger partial charge in [0.15, 0.2) is 5.82 Å². The maximum absolute atomic E-state index is 5.91. The smallest absolute Gasteiger partial charge is 0.157 e. The lowest BCUT2D eigenvalue weighted by molar-refractivity contribution is 0.117. The molecule has 1 aromatic heterocycles. The van der Waals surface area contributed by atoms with Gasteiger partial charge in [0.2, 0.25) is 0 Å². The van der Waals surface area contributed by atoms with Crippen LogP contribution in [0.25, 0.3) is 10.9 Å². The molecule has 0 bridgehead atoms.